The molecule has 8 heteroatoms. The van der Waals surface area contributed by atoms with E-state index in [1.165, 1.54) is 0 Å². The monoisotopic (exact) mass is 421 g/mol. The number of aryl methyl sites for hydroxylation is 2. The van der Waals surface area contributed by atoms with E-state index in [2.05, 4.69) is 32.6 Å². The molecule has 0 spiro atoms. The molecule has 0 unspecified atom stereocenters. The van der Waals surface area contributed by atoms with Crippen LogP contribution in [-0.4, -0.2) is 32.3 Å². The summed E-state index contributed by atoms with van der Waals surface area (Å²) in [5.74, 6) is 1.54. The van der Waals surface area contributed by atoms with Gasteiger partial charge in [0.25, 0.3) is 5.91 Å². The third-order valence-corrected chi connectivity index (χ3v) is 5.76. The molecule has 3 aromatic heterocycles. The van der Waals surface area contributed by atoms with Crippen molar-refractivity contribution in [2.75, 3.05) is 0 Å². The van der Waals surface area contributed by atoms with Crippen molar-refractivity contribution < 1.29 is 14.1 Å². The molecule has 0 aromatic carbocycles. The van der Waals surface area contributed by atoms with E-state index in [0.29, 0.717) is 23.0 Å². The highest BCUT2D eigenvalue weighted by molar-refractivity contribution is 5.92. The molecule has 3 heterocycles. The zero-order valence-corrected chi connectivity index (χ0v) is 18.1. The zero-order chi connectivity index (χ0) is 21.8. The summed E-state index contributed by atoms with van der Waals surface area (Å²) in [5.41, 5.74) is 3.59. The molecule has 4 rings (SSSR count). The van der Waals surface area contributed by atoms with Crippen LogP contribution < -0.4 is 10.1 Å². The van der Waals surface area contributed by atoms with Gasteiger partial charge in [-0.2, -0.15) is 0 Å². The predicted octanol–water partition coefficient (Wildman–Crippen LogP) is 4.03. The maximum absolute atomic E-state index is 12.4. The molecule has 31 heavy (non-hydrogen) atoms. The Morgan fingerprint density at radius 1 is 1.13 bits per heavy atom. The fourth-order valence-corrected chi connectivity index (χ4v) is 3.72. The van der Waals surface area contributed by atoms with Crippen LogP contribution in [0.3, 0.4) is 0 Å². The normalized spacial score (nSPS) is 18.5. The Kier molecular flexibility index (Phi) is 6.25. The van der Waals surface area contributed by atoms with E-state index >= 15 is 0 Å². The van der Waals surface area contributed by atoms with Crippen LogP contribution in [0.15, 0.2) is 35.0 Å². The standard InChI is InChI=1S/C23H27N5O3/c1-14-4-8-18(9-5-14)25-23(29)20-10-11-21(27-26-20)30-13-19-16(3)31-28-22(19)17-7-6-15(2)24-12-17/h6-7,10-12,14,18H,4-5,8-9,13H2,1-3H3,(H,25,29). The summed E-state index contributed by atoms with van der Waals surface area (Å²) < 4.78 is 11.1. The lowest BCUT2D eigenvalue weighted by atomic mass is 9.87. The van der Waals surface area contributed by atoms with Crippen LogP contribution in [0, 0.1) is 19.8 Å². The van der Waals surface area contributed by atoms with Crippen LogP contribution >= 0.6 is 0 Å². The second-order valence-corrected chi connectivity index (χ2v) is 8.23. The largest absolute Gasteiger partial charge is 0.472 e. The van der Waals surface area contributed by atoms with Crippen molar-refractivity contribution in [1.29, 1.82) is 0 Å². The maximum Gasteiger partial charge on any atom is 0.272 e. The van der Waals surface area contributed by atoms with E-state index in [0.717, 1.165) is 48.4 Å². The molecule has 0 atom stereocenters. The van der Waals surface area contributed by atoms with Gasteiger partial charge in [-0.1, -0.05) is 12.1 Å². The number of ether oxygens (including phenoxy) is 1. The molecule has 0 radical (unpaired) electrons. The fraction of sp³-hybridized carbons (Fsp3) is 0.435. The number of rotatable bonds is 6. The summed E-state index contributed by atoms with van der Waals surface area (Å²) in [4.78, 5) is 16.8. The molecule has 1 amide bonds. The quantitative estimate of drug-likeness (QED) is 0.641. The first kappa shape index (κ1) is 21.0. The number of nitrogens with zero attached hydrogens (tertiary/aromatic N) is 4. The van der Waals surface area contributed by atoms with Gasteiger partial charge in [-0.25, -0.2) is 0 Å². The molecule has 1 saturated carbocycles. The Bertz CT molecular complexity index is 1020. The highest BCUT2D eigenvalue weighted by atomic mass is 16.5. The van der Waals surface area contributed by atoms with Crippen LogP contribution in [0.5, 0.6) is 5.88 Å². The first-order valence-electron chi connectivity index (χ1n) is 10.6. The van der Waals surface area contributed by atoms with Crippen LogP contribution in [0.25, 0.3) is 11.3 Å². The SMILES string of the molecule is Cc1ccc(-c2noc(C)c2COc2ccc(C(=O)NC3CCC(C)CC3)nn2)cn1. The summed E-state index contributed by atoms with van der Waals surface area (Å²) in [6.07, 6.45) is 6.08. The lowest BCUT2D eigenvalue weighted by molar-refractivity contribution is 0.0916. The van der Waals surface area contributed by atoms with E-state index in [4.69, 9.17) is 9.26 Å². The van der Waals surface area contributed by atoms with Gasteiger partial charge < -0.3 is 14.6 Å². The molecular weight excluding hydrogens is 394 g/mol. The Morgan fingerprint density at radius 3 is 2.61 bits per heavy atom. The Balaban J connectivity index is 1.37. The van der Waals surface area contributed by atoms with Crippen molar-refractivity contribution in [2.24, 2.45) is 5.92 Å². The number of amides is 1. The molecule has 1 N–H and O–H groups in total. The fourth-order valence-electron chi connectivity index (χ4n) is 3.72. The summed E-state index contributed by atoms with van der Waals surface area (Å²) in [7, 11) is 0. The minimum atomic E-state index is -0.192. The van der Waals surface area contributed by atoms with E-state index in [1.54, 1.807) is 18.3 Å². The van der Waals surface area contributed by atoms with Gasteiger partial charge in [-0.15, -0.1) is 10.2 Å². The number of hydrogen-bond acceptors (Lipinski definition) is 7. The number of carbonyl (C=O) groups is 1. The van der Waals surface area contributed by atoms with Gasteiger partial charge in [-0.05, 0) is 63.6 Å². The van der Waals surface area contributed by atoms with Crippen molar-refractivity contribution in [2.45, 2.75) is 59.1 Å². The second kappa shape index (κ2) is 9.24. The molecule has 0 bridgehead atoms. The summed E-state index contributed by atoms with van der Waals surface area (Å²) in [6.45, 7) is 6.24. The highest BCUT2D eigenvalue weighted by Crippen LogP contribution is 2.26. The van der Waals surface area contributed by atoms with Crippen LogP contribution in [0.2, 0.25) is 0 Å². The summed E-state index contributed by atoms with van der Waals surface area (Å²) >= 11 is 0. The smallest absolute Gasteiger partial charge is 0.272 e. The highest BCUT2D eigenvalue weighted by Gasteiger charge is 2.21. The molecule has 1 aliphatic carbocycles. The molecule has 1 fully saturated rings. The van der Waals surface area contributed by atoms with Crippen LogP contribution in [0.4, 0.5) is 0 Å². The number of hydrogen-bond donors (Lipinski definition) is 1. The lowest BCUT2D eigenvalue weighted by Crippen LogP contribution is -2.37. The minimum absolute atomic E-state index is 0.192. The van der Waals surface area contributed by atoms with Gasteiger partial charge >= 0.3 is 0 Å². The van der Waals surface area contributed by atoms with Crippen molar-refractivity contribution in [1.82, 2.24) is 25.7 Å². The zero-order valence-electron chi connectivity index (χ0n) is 18.1. The first-order valence-corrected chi connectivity index (χ1v) is 10.6. The molecule has 3 aromatic rings. The van der Waals surface area contributed by atoms with Crippen molar-refractivity contribution >= 4 is 5.91 Å². The second-order valence-electron chi connectivity index (χ2n) is 8.23. The third kappa shape index (κ3) is 5.07. The molecule has 8 nitrogen and oxygen atoms in total. The average Bonchev–Trinajstić information content (AvgIpc) is 3.15. The van der Waals surface area contributed by atoms with Crippen molar-refractivity contribution in [3.63, 3.8) is 0 Å². The molecule has 162 valence electrons. The molecule has 0 aliphatic heterocycles. The Hall–Kier alpha value is -3.29. The molecule has 1 aliphatic rings. The predicted molar refractivity (Wildman–Crippen MR) is 114 cm³/mol. The van der Waals surface area contributed by atoms with Gasteiger partial charge in [0.2, 0.25) is 5.88 Å². The number of nitrogens with one attached hydrogen (secondary N) is 1. The van der Waals surface area contributed by atoms with E-state index in [1.807, 2.05) is 26.0 Å². The van der Waals surface area contributed by atoms with E-state index < -0.39 is 0 Å². The Labute approximate surface area is 181 Å². The summed E-state index contributed by atoms with van der Waals surface area (Å²) in [6, 6.07) is 7.37. The van der Waals surface area contributed by atoms with E-state index in [9.17, 15) is 4.79 Å². The first-order chi connectivity index (χ1) is 15.0. The van der Waals surface area contributed by atoms with Gasteiger partial charge in [0.1, 0.15) is 18.1 Å². The number of carbonyl (C=O) groups excluding carboxylic acids is 1. The van der Waals surface area contributed by atoms with Crippen LogP contribution in [-0.2, 0) is 6.61 Å². The van der Waals surface area contributed by atoms with Crippen LogP contribution in [0.1, 0.15) is 60.1 Å². The third-order valence-electron chi connectivity index (χ3n) is 5.76. The number of pyridine rings is 1. The molecular formula is C23H27N5O3. The number of aromatic nitrogens is 4. The lowest BCUT2D eigenvalue weighted by Gasteiger charge is -2.26. The van der Waals surface area contributed by atoms with Gasteiger partial charge in [-0.3, -0.25) is 9.78 Å². The maximum atomic E-state index is 12.4. The van der Waals surface area contributed by atoms with Gasteiger partial charge in [0, 0.05) is 29.6 Å². The molecule has 0 saturated heterocycles. The summed E-state index contributed by atoms with van der Waals surface area (Å²) in [5, 5.41) is 15.3. The van der Waals surface area contributed by atoms with Crippen molar-refractivity contribution in [3.8, 4) is 17.1 Å². The Morgan fingerprint density at radius 2 is 1.94 bits per heavy atom. The van der Waals surface area contributed by atoms with E-state index in [-0.39, 0.29) is 18.6 Å². The van der Waals surface area contributed by atoms with Gasteiger partial charge in [0.15, 0.2) is 5.69 Å². The topological polar surface area (TPSA) is 103 Å². The van der Waals surface area contributed by atoms with Gasteiger partial charge in [0.05, 0.1) is 5.56 Å². The van der Waals surface area contributed by atoms with Crippen molar-refractivity contribution in [3.05, 3.63) is 53.2 Å². The minimum Gasteiger partial charge on any atom is -0.472 e. The average molecular weight is 422 g/mol.